The number of esters is 1. The number of aryl methyl sites for hydroxylation is 1. The number of ketones is 1. The summed E-state index contributed by atoms with van der Waals surface area (Å²) in [5.41, 5.74) is 2.19. The molecule has 3 aromatic rings. The molecule has 0 saturated carbocycles. The average Bonchev–Trinajstić information content (AvgIpc) is 3.08. The Morgan fingerprint density at radius 3 is 2.43 bits per heavy atom. The van der Waals surface area contributed by atoms with Crippen LogP contribution in [0.1, 0.15) is 29.8 Å². The minimum absolute atomic E-state index is 0.110. The summed E-state index contributed by atoms with van der Waals surface area (Å²) in [6.07, 6.45) is -0.104. The van der Waals surface area contributed by atoms with Crippen molar-refractivity contribution in [2.75, 3.05) is 0 Å². The molecule has 0 fully saturated rings. The van der Waals surface area contributed by atoms with Gasteiger partial charge in [-0.25, -0.2) is 4.79 Å². The first-order chi connectivity index (χ1) is 13.5. The van der Waals surface area contributed by atoms with Gasteiger partial charge in [0.05, 0.1) is 0 Å². The van der Waals surface area contributed by atoms with Crippen molar-refractivity contribution in [1.29, 1.82) is 0 Å². The fourth-order valence-corrected chi connectivity index (χ4v) is 2.65. The molecule has 0 N–H and O–H groups in total. The summed E-state index contributed by atoms with van der Waals surface area (Å²) in [6, 6.07) is 16.0. The van der Waals surface area contributed by atoms with Gasteiger partial charge in [-0.3, -0.25) is 9.59 Å². The van der Waals surface area contributed by atoms with Gasteiger partial charge >= 0.3 is 11.7 Å². The van der Waals surface area contributed by atoms with Gasteiger partial charge in [0.2, 0.25) is 11.7 Å². The zero-order valence-corrected chi connectivity index (χ0v) is 15.6. The lowest BCUT2D eigenvalue weighted by atomic mass is 10.0. The maximum Gasteiger partial charge on any atom is 0.437 e. The third kappa shape index (κ3) is 4.43. The zero-order valence-electron chi connectivity index (χ0n) is 15.6. The van der Waals surface area contributed by atoms with Crippen LogP contribution >= 0.6 is 0 Å². The second-order valence-corrected chi connectivity index (χ2v) is 6.24. The maximum atomic E-state index is 12.4. The van der Waals surface area contributed by atoms with E-state index in [1.807, 2.05) is 25.1 Å². The molecular formula is C21H20N2O5. The molecule has 1 heterocycles. The van der Waals surface area contributed by atoms with Gasteiger partial charge in [0, 0.05) is 11.1 Å². The van der Waals surface area contributed by atoms with Crippen LogP contribution in [0.15, 0.2) is 63.8 Å². The Balaban J connectivity index is 1.64. The van der Waals surface area contributed by atoms with Crippen LogP contribution in [-0.4, -0.2) is 27.6 Å². The molecule has 0 aliphatic rings. The Bertz CT molecular complexity index is 1020. The Labute approximate surface area is 161 Å². The summed E-state index contributed by atoms with van der Waals surface area (Å²) in [7, 11) is 0. The summed E-state index contributed by atoms with van der Waals surface area (Å²) in [5.74, 6) is -1.72. The molecule has 0 amide bonds. The van der Waals surface area contributed by atoms with Crippen molar-refractivity contribution >= 4 is 11.8 Å². The Morgan fingerprint density at radius 1 is 1.11 bits per heavy atom. The summed E-state index contributed by atoms with van der Waals surface area (Å²) < 4.78 is 11.1. The molecule has 0 spiro atoms. The highest BCUT2D eigenvalue weighted by molar-refractivity contribution is 6.00. The van der Waals surface area contributed by atoms with Gasteiger partial charge in [0.1, 0.15) is 6.54 Å². The number of Topliss-reactive ketones (excluding diaryl/α,β-unsaturated/α-hetero) is 1. The van der Waals surface area contributed by atoms with Gasteiger partial charge in [-0.2, -0.15) is 4.68 Å². The van der Waals surface area contributed by atoms with Crippen LogP contribution in [-0.2, 0) is 22.5 Å². The van der Waals surface area contributed by atoms with Crippen molar-refractivity contribution < 1.29 is 18.7 Å². The van der Waals surface area contributed by atoms with E-state index in [0.29, 0.717) is 11.1 Å². The van der Waals surface area contributed by atoms with Gasteiger partial charge in [-0.15, -0.1) is 5.10 Å². The SMILES string of the molecule is CCc1ccc(C(=O)[C@H](C)OC(=O)Cn2nc(-c3ccccc3)oc2=O)cc1. The predicted molar refractivity (Wildman–Crippen MR) is 102 cm³/mol. The lowest BCUT2D eigenvalue weighted by Crippen LogP contribution is -2.29. The lowest BCUT2D eigenvalue weighted by Gasteiger charge is -2.12. The van der Waals surface area contributed by atoms with Gasteiger partial charge in [0.25, 0.3) is 0 Å². The summed E-state index contributed by atoms with van der Waals surface area (Å²) in [6.45, 7) is 3.08. The number of carbonyl (C=O) groups is 2. The lowest BCUT2D eigenvalue weighted by molar-refractivity contribution is -0.147. The molecule has 2 aromatic carbocycles. The Kier molecular flexibility index (Phi) is 5.84. The fraction of sp³-hybridized carbons (Fsp3) is 0.238. The summed E-state index contributed by atoms with van der Waals surface area (Å²) in [4.78, 5) is 36.5. The van der Waals surface area contributed by atoms with Crippen molar-refractivity contribution in [2.45, 2.75) is 32.9 Å². The summed E-state index contributed by atoms with van der Waals surface area (Å²) >= 11 is 0. The first-order valence-corrected chi connectivity index (χ1v) is 8.94. The van der Waals surface area contributed by atoms with Gasteiger partial charge in [-0.1, -0.05) is 49.4 Å². The van der Waals surface area contributed by atoms with E-state index in [9.17, 15) is 14.4 Å². The van der Waals surface area contributed by atoms with E-state index in [1.165, 1.54) is 6.92 Å². The standard InChI is InChI=1S/C21H20N2O5/c1-3-15-9-11-16(12-10-15)19(25)14(2)27-18(24)13-23-21(26)28-20(22-23)17-7-5-4-6-8-17/h4-12,14H,3,13H2,1-2H3/t14-/m0/s1. The Morgan fingerprint density at radius 2 is 1.79 bits per heavy atom. The van der Waals surface area contributed by atoms with Crippen LogP contribution in [0.2, 0.25) is 0 Å². The van der Waals surface area contributed by atoms with E-state index < -0.39 is 24.4 Å². The molecule has 0 bridgehead atoms. The van der Waals surface area contributed by atoms with E-state index in [-0.39, 0.29) is 11.7 Å². The molecule has 7 nitrogen and oxygen atoms in total. The second-order valence-electron chi connectivity index (χ2n) is 6.24. The average molecular weight is 380 g/mol. The van der Waals surface area contributed by atoms with Crippen LogP contribution in [0.4, 0.5) is 0 Å². The van der Waals surface area contributed by atoms with Crippen molar-refractivity contribution in [3.63, 3.8) is 0 Å². The third-order valence-corrected chi connectivity index (χ3v) is 4.23. The van der Waals surface area contributed by atoms with Gasteiger partial charge < -0.3 is 9.15 Å². The number of aromatic nitrogens is 2. The first-order valence-electron chi connectivity index (χ1n) is 8.94. The van der Waals surface area contributed by atoms with E-state index in [2.05, 4.69) is 5.10 Å². The molecule has 3 rings (SSSR count). The summed E-state index contributed by atoms with van der Waals surface area (Å²) in [5, 5.41) is 4.00. The van der Waals surface area contributed by atoms with Crippen molar-refractivity contribution in [2.24, 2.45) is 0 Å². The van der Waals surface area contributed by atoms with Crippen molar-refractivity contribution in [3.8, 4) is 11.5 Å². The third-order valence-electron chi connectivity index (χ3n) is 4.23. The molecule has 0 aliphatic heterocycles. The monoisotopic (exact) mass is 380 g/mol. The van der Waals surface area contributed by atoms with Crippen LogP contribution < -0.4 is 5.76 Å². The molecule has 0 aliphatic carbocycles. The molecule has 0 saturated heterocycles. The molecule has 1 atom stereocenters. The number of nitrogens with zero attached hydrogens (tertiary/aromatic N) is 2. The molecule has 1 aromatic heterocycles. The van der Waals surface area contributed by atoms with Crippen LogP contribution in [0, 0.1) is 0 Å². The Hall–Kier alpha value is -3.48. The van der Waals surface area contributed by atoms with Crippen molar-refractivity contribution in [1.82, 2.24) is 9.78 Å². The topological polar surface area (TPSA) is 91.4 Å². The number of carbonyl (C=O) groups excluding carboxylic acids is 2. The highest BCUT2D eigenvalue weighted by Crippen LogP contribution is 2.14. The molecule has 28 heavy (non-hydrogen) atoms. The molecule has 0 unspecified atom stereocenters. The van der Waals surface area contributed by atoms with E-state index in [1.54, 1.807) is 36.4 Å². The predicted octanol–water partition coefficient (Wildman–Crippen LogP) is 2.88. The van der Waals surface area contributed by atoms with E-state index >= 15 is 0 Å². The fourth-order valence-electron chi connectivity index (χ4n) is 2.65. The number of ether oxygens (including phenoxy) is 1. The maximum absolute atomic E-state index is 12.4. The van der Waals surface area contributed by atoms with E-state index in [0.717, 1.165) is 16.7 Å². The molecular weight excluding hydrogens is 360 g/mol. The molecule has 7 heteroatoms. The van der Waals surface area contributed by atoms with Crippen molar-refractivity contribution in [3.05, 3.63) is 76.3 Å². The highest BCUT2D eigenvalue weighted by atomic mass is 16.5. The minimum atomic E-state index is -0.976. The van der Waals surface area contributed by atoms with Gasteiger partial charge in [-0.05, 0) is 31.0 Å². The normalized spacial score (nSPS) is 11.8. The first kappa shape index (κ1) is 19.3. The molecule has 0 radical (unpaired) electrons. The number of rotatable bonds is 7. The number of hydrogen-bond donors (Lipinski definition) is 0. The van der Waals surface area contributed by atoms with Gasteiger partial charge in [0.15, 0.2) is 6.10 Å². The highest BCUT2D eigenvalue weighted by Gasteiger charge is 2.21. The second kappa shape index (κ2) is 8.47. The molecule has 144 valence electrons. The number of benzene rings is 2. The number of hydrogen-bond acceptors (Lipinski definition) is 6. The largest absolute Gasteiger partial charge is 0.453 e. The quantitative estimate of drug-likeness (QED) is 0.462. The van der Waals surface area contributed by atoms with Crippen LogP contribution in [0.25, 0.3) is 11.5 Å². The smallest absolute Gasteiger partial charge is 0.437 e. The minimum Gasteiger partial charge on any atom is -0.453 e. The van der Waals surface area contributed by atoms with Crippen LogP contribution in [0.3, 0.4) is 0 Å². The zero-order chi connectivity index (χ0) is 20.1. The van der Waals surface area contributed by atoms with Crippen LogP contribution in [0.5, 0.6) is 0 Å². The van der Waals surface area contributed by atoms with E-state index in [4.69, 9.17) is 9.15 Å².